The summed E-state index contributed by atoms with van der Waals surface area (Å²) in [5.41, 5.74) is 7.46. The van der Waals surface area contributed by atoms with Crippen LogP contribution in [0, 0.1) is 12.8 Å². The Labute approximate surface area is 216 Å². The monoisotopic (exact) mass is 486 g/mol. The SMILES string of the molecule is Cc1cc(-c2[nH]c3ccc(C4CCN(C(=O)C5CCN(C(C)C)CC5)CC4)cc3c2C(C)C)ccn1. The van der Waals surface area contributed by atoms with Crippen LogP contribution in [0.1, 0.15) is 82.0 Å². The molecular weight excluding hydrogens is 444 g/mol. The van der Waals surface area contributed by atoms with Crippen molar-refractivity contribution in [3.05, 3.63) is 53.3 Å². The predicted octanol–water partition coefficient (Wildman–Crippen LogP) is 6.49. The largest absolute Gasteiger partial charge is 0.354 e. The second-order valence-electron chi connectivity index (χ2n) is 11.6. The van der Waals surface area contributed by atoms with Crippen LogP contribution in [0.2, 0.25) is 0 Å². The minimum Gasteiger partial charge on any atom is -0.354 e. The number of amides is 1. The highest BCUT2D eigenvalue weighted by atomic mass is 16.2. The van der Waals surface area contributed by atoms with E-state index in [1.54, 1.807) is 0 Å². The van der Waals surface area contributed by atoms with Crippen molar-refractivity contribution in [3.63, 3.8) is 0 Å². The van der Waals surface area contributed by atoms with Crippen molar-refractivity contribution in [1.29, 1.82) is 0 Å². The molecule has 0 aliphatic carbocycles. The average molecular weight is 487 g/mol. The first kappa shape index (κ1) is 25.0. The van der Waals surface area contributed by atoms with Crippen molar-refractivity contribution in [3.8, 4) is 11.3 Å². The molecule has 2 fully saturated rings. The molecule has 3 aromatic rings. The summed E-state index contributed by atoms with van der Waals surface area (Å²) in [4.78, 5) is 26.0. The van der Waals surface area contributed by atoms with Gasteiger partial charge in [-0.25, -0.2) is 0 Å². The number of aryl methyl sites for hydroxylation is 1. The maximum atomic E-state index is 13.2. The first-order valence-electron chi connectivity index (χ1n) is 13.9. The fourth-order valence-electron chi connectivity index (χ4n) is 6.37. The lowest BCUT2D eigenvalue weighted by Gasteiger charge is -2.38. The molecule has 1 N–H and O–H groups in total. The Morgan fingerprint density at radius 1 is 0.972 bits per heavy atom. The number of piperidine rings is 2. The highest BCUT2D eigenvalue weighted by Gasteiger charge is 2.32. The van der Waals surface area contributed by atoms with E-state index in [0.717, 1.165) is 57.6 Å². The molecule has 36 heavy (non-hydrogen) atoms. The zero-order valence-corrected chi connectivity index (χ0v) is 22.7. The summed E-state index contributed by atoms with van der Waals surface area (Å²) >= 11 is 0. The number of nitrogens with one attached hydrogen (secondary N) is 1. The molecule has 0 spiro atoms. The van der Waals surface area contributed by atoms with Crippen LogP contribution in [0.5, 0.6) is 0 Å². The summed E-state index contributed by atoms with van der Waals surface area (Å²) in [5.74, 6) is 1.55. The number of aromatic amines is 1. The van der Waals surface area contributed by atoms with Gasteiger partial charge in [0.15, 0.2) is 0 Å². The number of likely N-dealkylation sites (tertiary alicyclic amines) is 2. The molecule has 2 aromatic heterocycles. The Morgan fingerprint density at radius 3 is 2.33 bits per heavy atom. The van der Waals surface area contributed by atoms with E-state index < -0.39 is 0 Å². The van der Waals surface area contributed by atoms with Crippen molar-refractivity contribution in [2.75, 3.05) is 26.2 Å². The number of nitrogens with zero attached hydrogens (tertiary/aromatic N) is 3. The minimum absolute atomic E-state index is 0.219. The summed E-state index contributed by atoms with van der Waals surface area (Å²) in [5, 5.41) is 1.34. The molecule has 1 amide bonds. The first-order chi connectivity index (χ1) is 17.3. The molecule has 192 valence electrons. The highest BCUT2D eigenvalue weighted by Crippen LogP contribution is 2.38. The van der Waals surface area contributed by atoms with Gasteiger partial charge in [0.2, 0.25) is 5.91 Å². The lowest BCUT2D eigenvalue weighted by Crippen LogP contribution is -2.46. The van der Waals surface area contributed by atoms with Crippen molar-refractivity contribution >= 4 is 16.8 Å². The summed E-state index contributed by atoms with van der Waals surface area (Å²) in [7, 11) is 0. The quantitative estimate of drug-likeness (QED) is 0.449. The van der Waals surface area contributed by atoms with E-state index in [2.05, 4.69) is 77.8 Å². The van der Waals surface area contributed by atoms with Gasteiger partial charge < -0.3 is 14.8 Å². The van der Waals surface area contributed by atoms with Gasteiger partial charge in [-0.1, -0.05) is 19.9 Å². The molecule has 5 heteroatoms. The number of pyridine rings is 1. The van der Waals surface area contributed by atoms with Crippen LogP contribution >= 0.6 is 0 Å². The summed E-state index contributed by atoms with van der Waals surface area (Å²) in [6.07, 6.45) is 6.03. The standard InChI is InChI=1S/C31H42N4O/c1-20(2)29-27-19-25(6-7-28(27)33-30(29)26-8-13-32-22(5)18-26)23-9-16-35(17-10-23)31(36)24-11-14-34(15-12-24)21(3)4/h6-8,13,18-21,23-24,33H,9-12,14-17H2,1-5H3. The second-order valence-corrected chi connectivity index (χ2v) is 11.6. The van der Waals surface area contributed by atoms with Gasteiger partial charge in [-0.05, 0) is 107 Å². The van der Waals surface area contributed by atoms with E-state index in [1.165, 1.54) is 33.3 Å². The van der Waals surface area contributed by atoms with E-state index in [1.807, 2.05) is 13.1 Å². The number of aromatic nitrogens is 2. The highest BCUT2D eigenvalue weighted by molar-refractivity contribution is 5.92. The van der Waals surface area contributed by atoms with Gasteiger partial charge in [0, 0.05) is 53.4 Å². The molecule has 2 saturated heterocycles. The number of rotatable bonds is 5. The number of H-pyrrole nitrogens is 1. The third-order valence-corrected chi connectivity index (χ3v) is 8.51. The fraction of sp³-hybridized carbons (Fsp3) is 0.548. The fourth-order valence-corrected chi connectivity index (χ4v) is 6.37. The molecular formula is C31H42N4O. The number of benzene rings is 1. The second kappa shape index (κ2) is 10.4. The molecule has 0 saturated carbocycles. The van der Waals surface area contributed by atoms with E-state index in [4.69, 9.17) is 0 Å². The van der Waals surface area contributed by atoms with Gasteiger partial charge in [-0.3, -0.25) is 9.78 Å². The maximum absolute atomic E-state index is 13.2. The van der Waals surface area contributed by atoms with Gasteiger partial charge in [0.25, 0.3) is 0 Å². The van der Waals surface area contributed by atoms with Crippen LogP contribution < -0.4 is 0 Å². The number of fused-ring (bicyclic) bond motifs is 1. The topological polar surface area (TPSA) is 52.2 Å². The number of hydrogen-bond donors (Lipinski definition) is 1. The van der Waals surface area contributed by atoms with E-state index in [0.29, 0.717) is 23.8 Å². The van der Waals surface area contributed by atoms with Gasteiger partial charge in [-0.15, -0.1) is 0 Å². The number of hydrogen-bond acceptors (Lipinski definition) is 3. The third kappa shape index (κ3) is 4.95. The van der Waals surface area contributed by atoms with Crippen molar-refractivity contribution < 1.29 is 4.79 Å². The molecule has 5 nitrogen and oxygen atoms in total. The van der Waals surface area contributed by atoms with Gasteiger partial charge in [0.1, 0.15) is 0 Å². The lowest BCUT2D eigenvalue weighted by atomic mass is 9.86. The Bertz CT molecular complexity index is 1210. The van der Waals surface area contributed by atoms with Gasteiger partial charge in [0.05, 0.1) is 5.69 Å². The van der Waals surface area contributed by atoms with Crippen LogP contribution in [0.4, 0.5) is 0 Å². The molecule has 1 aromatic carbocycles. The smallest absolute Gasteiger partial charge is 0.225 e. The molecule has 2 aliphatic heterocycles. The molecule has 0 bridgehead atoms. The minimum atomic E-state index is 0.219. The molecule has 4 heterocycles. The van der Waals surface area contributed by atoms with Crippen molar-refractivity contribution in [2.24, 2.45) is 5.92 Å². The molecule has 0 unspecified atom stereocenters. The Balaban J connectivity index is 1.30. The Hall–Kier alpha value is -2.66. The van der Waals surface area contributed by atoms with E-state index in [-0.39, 0.29) is 5.92 Å². The van der Waals surface area contributed by atoms with Crippen LogP contribution in [0.15, 0.2) is 36.5 Å². The lowest BCUT2D eigenvalue weighted by molar-refractivity contribution is -0.138. The summed E-state index contributed by atoms with van der Waals surface area (Å²) in [6.45, 7) is 15.0. The van der Waals surface area contributed by atoms with Crippen LogP contribution in [-0.4, -0.2) is 57.9 Å². The molecule has 0 atom stereocenters. The zero-order chi connectivity index (χ0) is 25.4. The predicted molar refractivity (Wildman–Crippen MR) is 148 cm³/mol. The zero-order valence-electron chi connectivity index (χ0n) is 22.7. The van der Waals surface area contributed by atoms with Crippen molar-refractivity contribution in [2.45, 2.75) is 78.2 Å². The molecule has 5 rings (SSSR count). The van der Waals surface area contributed by atoms with Crippen LogP contribution in [0.25, 0.3) is 22.2 Å². The normalized spacial score (nSPS) is 18.6. The Kier molecular flexibility index (Phi) is 7.21. The Morgan fingerprint density at radius 2 is 1.69 bits per heavy atom. The first-order valence-corrected chi connectivity index (χ1v) is 13.9. The molecule has 0 radical (unpaired) electrons. The van der Waals surface area contributed by atoms with Gasteiger partial charge >= 0.3 is 0 Å². The molecule has 2 aliphatic rings. The van der Waals surface area contributed by atoms with Crippen LogP contribution in [-0.2, 0) is 4.79 Å². The number of carbonyl (C=O) groups excluding carboxylic acids is 1. The van der Waals surface area contributed by atoms with Crippen molar-refractivity contribution in [1.82, 2.24) is 19.8 Å². The van der Waals surface area contributed by atoms with Crippen LogP contribution in [0.3, 0.4) is 0 Å². The number of carbonyl (C=O) groups is 1. The van der Waals surface area contributed by atoms with Gasteiger partial charge in [-0.2, -0.15) is 0 Å². The van der Waals surface area contributed by atoms with E-state index >= 15 is 0 Å². The maximum Gasteiger partial charge on any atom is 0.225 e. The summed E-state index contributed by atoms with van der Waals surface area (Å²) in [6, 6.07) is 11.8. The van der Waals surface area contributed by atoms with E-state index in [9.17, 15) is 4.79 Å². The summed E-state index contributed by atoms with van der Waals surface area (Å²) < 4.78 is 0. The average Bonchev–Trinajstić information content (AvgIpc) is 3.28. The third-order valence-electron chi connectivity index (χ3n) is 8.51.